The number of fused-ring (bicyclic) bond motifs is 10. The standard InChI is InChI=1S/C50H30N4O5S/c55-47-43(33-22-19-26-9-7-17-39-41(26)45(33)53-49(51-39)35-14-4-1-11-29(35)30-12-2-5-15-36(30)49)48(56)44(47)34-23-20-27-10-8-18-40-42(27)46(34)54-50(52-40)37-16-6-3-13-31(37)32-24-21-28(25-38(32)50)60(57,58)59/h1-25,51-53,55H,(H,57,58,59). The zero-order chi connectivity index (χ0) is 40.3. The molecule has 9 nitrogen and oxygen atoms in total. The number of anilines is 3. The van der Waals surface area contributed by atoms with Crippen LogP contribution in [0.2, 0.25) is 0 Å². The van der Waals surface area contributed by atoms with Gasteiger partial charge in [-0.25, -0.2) is 4.99 Å². The van der Waals surface area contributed by atoms with E-state index < -0.39 is 21.4 Å². The number of rotatable bonds is 2. The van der Waals surface area contributed by atoms with Crippen LogP contribution in [0.3, 0.4) is 0 Å². The van der Waals surface area contributed by atoms with Gasteiger partial charge in [0.2, 0.25) is 5.78 Å². The Morgan fingerprint density at radius 3 is 1.80 bits per heavy atom. The molecule has 0 radical (unpaired) electrons. The zero-order valence-corrected chi connectivity index (χ0v) is 32.2. The lowest BCUT2D eigenvalue weighted by molar-refractivity contribution is -0.109. The van der Waals surface area contributed by atoms with Crippen molar-refractivity contribution < 1.29 is 22.9 Å². The van der Waals surface area contributed by atoms with Gasteiger partial charge in [0, 0.05) is 55.2 Å². The molecule has 0 saturated heterocycles. The lowest BCUT2D eigenvalue weighted by Crippen LogP contribution is -2.45. The van der Waals surface area contributed by atoms with E-state index in [0.29, 0.717) is 21.7 Å². The fourth-order valence-electron chi connectivity index (χ4n) is 10.5. The van der Waals surface area contributed by atoms with E-state index in [9.17, 15) is 22.9 Å². The van der Waals surface area contributed by atoms with E-state index in [2.05, 4.69) is 46.3 Å². The van der Waals surface area contributed by atoms with Crippen LogP contribution in [0.1, 0.15) is 27.8 Å². The average Bonchev–Trinajstić information content (AvgIpc) is 3.68. The molecule has 5 N–H and O–H groups in total. The number of carbonyl (C=O) groups is 1. The van der Waals surface area contributed by atoms with Crippen LogP contribution in [0.5, 0.6) is 0 Å². The molecule has 8 aromatic carbocycles. The first kappa shape index (κ1) is 33.4. The van der Waals surface area contributed by atoms with Gasteiger partial charge in [-0.15, -0.1) is 0 Å². The Balaban J connectivity index is 1.06. The van der Waals surface area contributed by atoms with Gasteiger partial charge >= 0.3 is 0 Å². The minimum Gasteiger partial charge on any atom is -0.506 e. The molecule has 3 aliphatic carbocycles. The molecule has 2 heterocycles. The number of aliphatic hydroxyl groups is 1. The molecular formula is C50H30N4O5S. The summed E-state index contributed by atoms with van der Waals surface area (Å²) in [7, 11) is -4.55. The number of hydrogen-bond acceptors (Lipinski definition) is 8. The highest BCUT2D eigenvalue weighted by atomic mass is 32.2. The quantitative estimate of drug-likeness (QED) is 0.110. The highest BCUT2D eigenvalue weighted by Crippen LogP contribution is 2.56. The summed E-state index contributed by atoms with van der Waals surface area (Å²) < 4.78 is 35.1. The summed E-state index contributed by atoms with van der Waals surface area (Å²) in [5, 5.41) is 28.2. The second kappa shape index (κ2) is 11.1. The third-order valence-corrected chi connectivity index (χ3v) is 13.8. The van der Waals surface area contributed by atoms with Crippen LogP contribution in [0.25, 0.3) is 54.9 Å². The third kappa shape index (κ3) is 4.06. The van der Waals surface area contributed by atoms with E-state index in [1.54, 1.807) is 6.07 Å². The molecule has 0 bridgehead atoms. The van der Waals surface area contributed by atoms with Crippen molar-refractivity contribution in [2.24, 2.45) is 4.99 Å². The normalized spacial score (nSPS) is 19.2. The SMILES string of the molecule is O=C1C(c2ccc3cccc4c3c2NC2(N4)c3ccccc3-c3ccccc32)=C(O)C1=c1ccc2cccc3c2c1=NC1(N3)c2ccccc2-c2ccc(S(=O)(=O)O)cc21. The molecule has 10 heteroatoms. The summed E-state index contributed by atoms with van der Waals surface area (Å²) in [6.07, 6.45) is 0. The summed E-state index contributed by atoms with van der Waals surface area (Å²) in [6.45, 7) is 0. The maximum absolute atomic E-state index is 14.9. The van der Waals surface area contributed by atoms with Gasteiger partial charge in [-0.2, -0.15) is 8.42 Å². The Kier molecular flexibility index (Phi) is 6.21. The average molecular weight is 799 g/mol. The molecule has 5 aliphatic rings. The Morgan fingerprint density at radius 2 is 1.12 bits per heavy atom. The first-order valence-corrected chi connectivity index (χ1v) is 21.1. The summed E-state index contributed by atoms with van der Waals surface area (Å²) in [6, 6.07) is 48.5. The van der Waals surface area contributed by atoms with Crippen LogP contribution in [0.4, 0.5) is 17.1 Å². The monoisotopic (exact) mass is 798 g/mol. The maximum Gasteiger partial charge on any atom is 0.294 e. The summed E-state index contributed by atoms with van der Waals surface area (Å²) >= 11 is 0. The van der Waals surface area contributed by atoms with E-state index >= 15 is 0 Å². The van der Waals surface area contributed by atoms with Gasteiger partial charge in [-0.05, 0) is 57.3 Å². The Morgan fingerprint density at radius 1 is 0.533 bits per heavy atom. The Hall–Kier alpha value is -7.53. The van der Waals surface area contributed by atoms with Crippen LogP contribution in [0, 0.1) is 0 Å². The number of nitrogens with zero attached hydrogens (tertiary/aromatic N) is 1. The van der Waals surface area contributed by atoms with Crippen molar-refractivity contribution in [2.75, 3.05) is 16.0 Å². The second-order valence-electron chi connectivity index (χ2n) is 16.0. The minimum absolute atomic E-state index is 0.133. The predicted molar refractivity (Wildman–Crippen MR) is 233 cm³/mol. The summed E-state index contributed by atoms with van der Waals surface area (Å²) in [5.41, 5.74) is 8.43. The molecule has 1 unspecified atom stereocenters. The largest absolute Gasteiger partial charge is 0.506 e. The lowest BCUT2D eigenvalue weighted by atomic mass is 9.79. The van der Waals surface area contributed by atoms with Gasteiger partial charge in [0.1, 0.15) is 5.76 Å². The zero-order valence-electron chi connectivity index (χ0n) is 31.4. The van der Waals surface area contributed by atoms with Crippen LogP contribution in [-0.2, 0) is 26.2 Å². The first-order chi connectivity index (χ1) is 29.2. The fourth-order valence-corrected chi connectivity index (χ4v) is 11.0. The van der Waals surface area contributed by atoms with Crippen LogP contribution < -0.4 is 26.5 Å². The van der Waals surface area contributed by atoms with Crippen molar-refractivity contribution in [3.05, 3.63) is 196 Å². The third-order valence-electron chi connectivity index (χ3n) is 13.0. The predicted octanol–water partition coefficient (Wildman–Crippen LogP) is 8.59. The molecule has 0 saturated carbocycles. The highest BCUT2D eigenvalue weighted by molar-refractivity contribution is 7.85. The van der Waals surface area contributed by atoms with Crippen LogP contribution in [0.15, 0.2) is 167 Å². The topological polar surface area (TPSA) is 140 Å². The van der Waals surface area contributed by atoms with Crippen molar-refractivity contribution in [2.45, 2.75) is 16.2 Å². The minimum atomic E-state index is -4.55. The number of nitrogens with one attached hydrogen (secondary N) is 3. The van der Waals surface area contributed by atoms with E-state index in [4.69, 9.17) is 4.99 Å². The van der Waals surface area contributed by atoms with E-state index in [1.807, 2.05) is 103 Å². The van der Waals surface area contributed by atoms with Gasteiger partial charge < -0.3 is 21.1 Å². The van der Waals surface area contributed by atoms with Gasteiger partial charge in [-0.1, -0.05) is 127 Å². The van der Waals surface area contributed by atoms with Crippen molar-refractivity contribution in [3.8, 4) is 22.3 Å². The van der Waals surface area contributed by atoms with Crippen molar-refractivity contribution >= 4 is 65.7 Å². The number of hydrogen-bond donors (Lipinski definition) is 5. The van der Waals surface area contributed by atoms with Crippen molar-refractivity contribution in [1.29, 1.82) is 0 Å². The maximum atomic E-state index is 14.9. The molecule has 1 atom stereocenters. The molecule has 0 aromatic heterocycles. The Labute approximate surface area is 342 Å². The van der Waals surface area contributed by atoms with E-state index in [0.717, 1.165) is 77.6 Å². The van der Waals surface area contributed by atoms with Gasteiger partial charge in [0.25, 0.3) is 10.1 Å². The number of benzene rings is 8. The van der Waals surface area contributed by atoms with E-state index in [-0.39, 0.29) is 27.6 Å². The molecule has 0 amide bonds. The number of carbonyl (C=O) groups excluding carboxylic acids is 1. The molecular weight excluding hydrogens is 769 g/mol. The van der Waals surface area contributed by atoms with Crippen molar-refractivity contribution in [3.63, 3.8) is 0 Å². The van der Waals surface area contributed by atoms with E-state index in [1.165, 1.54) is 12.1 Å². The lowest BCUT2D eigenvalue weighted by Gasteiger charge is -2.41. The van der Waals surface area contributed by atoms with Gasteiger partial charge in [0.05, 0.1) is 27.1 Å². The number of allylic oxidation sites excluding steroid dienone is 2. The molecule has 2 spiro atoms. The second-order valence-corrected chi connectivity index (χ2v) is 17.4. The molecule has 0 fully saturated rings. The summed E-state index contributed by atoms with van der Waals surface area (Å²) in [4.78, 5) is 20.1. The smallest absolute Gasteiger partial charge is 0.294 e. The molecule has 13 rings (SSSR count). The first-order valence-electron chi connectivity index (χ1n) is 19.6. The number of aliphatic hydroxyl groups excluding tert-OH is 1. The summed E-state index contributed by atoms with van der Waals surface area (Å²) in [5.74, 6) is -0.453. The van der Waals surface area contributed by atoms with Crippen LogP contribution >= 0.6 is 0 Å². The highest BCUT2D eigenvalue weighted by Gasteiger charge is 2.49. The molecule has 286 valence electrons. The van der Waals surface area contributed by atoms with Gasteiger partial charge in [-0.3, -0.25) is 9.35 Å². The molecule has 2 aliphatic heterocycles. The molecule has 8 aromatic rings. The molecule has 60 heavy (non-hydrogen) atoms. The number of Topliss-reactive ketones (excluding diaryl/α,β-unsaturated/α-hetero) is 1. The van der Waals surface area contributed by atoms with Crippen molar-refractivity contribution in [1.82, 2.24) is 0 Å². The number of ketones is 1. The van der Waals surface area contributed by atoms with Gasteiger partial charge in [0.15, 0.2) is 11.3 Å². The Bertz CT molecular complexity index is 3630. The fraction of sp³-hybridized carbons (Fsp3) is 0.0400. The van der Waals surface area contributed by atoms with Crippen LogP contribution in [-0.4, -0.2) is 23.9 Å².